The molecule has 8 heteroatoms. The Labute approximate surface area is 160 Å². The van der Waals surface area contributed by atoms with E-state index in [9.17, 15) is 4.79 Å². The number of hydrogen-bond acceptors (Lipinski definition) is 5. The lowest BCUT2D eigenvalue weighted by molar-refractivity contribution is 0.0149. The maximum Gasteiger partial charge on any atom is 0.274 e. The van der Waals surface area contributed by atoms with Crippen molar-refractivity contribution in [2.75, 3.05) is 13.1 Å². The summed E-state index contributed by atoms with van der Waals surface area (Å²) >= 11 is 0. The molecule has 1 aliphatic carbocycles. The molecule has 3 heterocycles. The van der Waals surface area contributed by atoms with Gasteiger partial charge in [-0.05, 0) is 31.7 Å². The van der Waals surface area contributed by atoms with Crippen molar-refractivity contribution in [3.8, 4) is 11.4 Å². The first kappa shape index (κ1) is 17.1. The lowest BCUT2D eigenvalue weighted by atomic mass is 9.94. The first-order valence-electron chi connectivity index (χ1n) is 9.55. The molecule has 1 aliphatic heterocycles. The number of alkyl halides is 1. The molecule has 1 saturated carbocycles. The number of amides is 1. The van der Waals surface area contributed by atoms with Crippen LogP contribution in [0.2, 0.25) is 0 Å². The van der Waals surface area contributed by atoms with Gasteiger partial charge in [0.15, 0.2) is 0 Å². The van der Waals surface area contributed by atoms with E-state index in [1.807, 2.05) is 30.3 Å². The van der Waals surface area contributed by atoms with Crippen LogP contribution in [-0.2, 0) is 5.67 Å². The lowest BCUT2D eigenvalue weighted by Gasteiger charge is -2.34. The average Bonchev–Trinajstić information content (AvgIpc) is 3.25. The molecule has 28 heavy (non-hydrogen) atoms. The van der Waals surface area contributed by atoms with Crippen molar-refractivity contribution < 1.29 is 13.7 Å². The molecule has 2 fully saturated rings. The van der Waals surface area contributed by atoms with Crippen LogP contribution >= 0.6 is 0 Å². The second-order valence-electron chi connectivity index (χ2n) is 7.57. The lowest BCUT2D eigenvalue weighted by Crippen LogP contribution is -2.46. The monoisotopic (exact) mass is 381 g/mol. The van der Waals surface area contributed by atoms with Crippen molar-refractivity contribution in [2.24, 2.45) is 0 Å². The smallest absolute Gasteiger partial charge is 0.274 e. The molecule has 5 rings (SSSR count). The van der Waals surface area contributed by atoms with Crippen LogP contribution in [0.5, 0.6) is 0 Å². The fraction of sp³-hybridized carbons (Fsp3) is 0.400. The van der Waals surface area contributed by atoms with Gasteiger partial charge in [-0.1, -0.05) is 35.5 Å². The van der Waals surface area contributed by atoms with Crippen molar-refractivity contribution >= 4 is 5.91 Å². The minimum absolute atomic E-state index is 0.0791. The number of nitrogens with one attached hydrogen (secondary N) is 1. The van der Waals surface area contributed by atoms with Crippen molar-refractivity contribution in [1.29, 1.82) is 0 Å². The minimum Gasteiger partial charge on any atom is -0.335 e. The highest BCUT2D eigenvalue weighted by Gasteiger charge is 2.44. The summed E-state index contributed by atoms with van der Waals surface area (Å²) in [4.78, 5) is 18.6. The number of aromatic amines is 1. The first-order valence-corrected chi connectivity index (χ1v) is 9.55. The highest BCUT2D eigenvalue weighted by Crippen LogP contribution is 2.39. The number of H-pyrrole nitrogens is 1. The number of aromatic nitrogens is 4. The van der Waals surface area contributed by atoms with Gasteiger partial charge in [0, 0.05) is 23.7 Å². The number of carbonyl (C=O) groups excluding carboxylic acids is 1. The zero-order chi connectivity index (χ0) is 19.1. The quantitative estimate of drug-likeness (QED) is 0.748. The van der Waals surface area contributed by atoms with Crippen LogP contribution in [0.25, 0.3) is 11.4 Å². The highest BCUT2D eigenvalue weighted by molar-refractivity contribution is 5.92. The Morgan fingerprint density at radius 3 is 2.89 bits per heavy atom. The molecule has 1 aromatic carbocycles. The van der Waals surface area contributed by atoms with Gasteiger partial charge in [-0.3, -0.25) is 9.89 Å². The van der Waals surface area contributed by atoms with Gasteiger partial charge in [0.25, 0.3) is 11.8 Å². The van der Waals surface area contributed by atoms with Crippen LogP contribution in [0.15, 0.2) is 40.9 Å². The largest absolute Gasteiger partial charge is 0.335 e. The molecule has 0 spiro atoms. The Morgan fingerprint density at radius 1 is 1.29 bits per heavy atom. The molecular formula is C20H20FN5O2. The number of nitrogens with zero attached hydrogens (tertiary/aromatic N) is 4. The number of hydrogen-bond donors (Lipinski definition) is 1. The molecular weight excluding hydrogens is 361 g/mol. The van der Waals surface area contributed by atoms with Crippen LogP contribution in [0.4, 0.5) is 4.39 Å². The summed E-state index contributed by atoms with van der Waals surface area (Å²) in [5.41, 5.74) is 0.218. The Kier molecular flexibility index (Phi) is 3.99. The number of likely N-dealkylation sites (tertiary alicyclic amines) is 1. The van der Waals surface area contributed by atoms with E-state index in [0.717, 1.165) is 24.1 Å². The topological polar surface area (TPSA) is 87.9 Å². The Bertz CT molecular complexity index is 997. The Hall–Kier alpha value is -3.03. The fourth-order valence-corrected chi connectivity index (χ4v) is 3.68. The predicted molar refractivity (Wildman–Crippen MR) is 98.2 cm³/mol. The molecule has 7 nitrogen and oxygen atoms in total. The summed E-state index contributed by atoms with van der Waals surface area (Å²) in [5.74, 6) is 0.472. The molecule has 0 bridgehead atoms. The van der Waals surface area contributed by atoms with Gasteiger partial charge in [0.1, 0.15) is 5.69 Å². The molecule has 1 saturated heterocycles. The fourth-order valence-electron chi connectivity index (χ4n) is 3.68. The second-order valence-corrected chi connectivity index (χ2v) is 7.57. The van der Waals surface area contributed by atoms with Crippen molar-refractivity contribution in [3.05, 3.63) is 53.7 Å². The Balaban J connectivity index is 1.35. The second kappa shape index (κ2) is 6.54. The van der Waals surface area contributed by atoms with Gasteiger partial charge in [0.2, 0.25) is 11.5 Å². The summed E-state index contributed by atoms with van der Waals surface area (Å²) in [6, 6.07) is 11.1. The van der Waals surface area contributed by atoms with Gasteiger partial charge in [0.05, 0.1) is 6.54 Å². The zero-order valence-electron chi connectivity index (χ0n) is 15.3. The Morgan fingerprint density at radius 2 is 2.11 bits per heavy atom. The third kappa shape index (κ3) is 3.08. The summed E-state index contributed by atoms with van der Waals surface area (Å²) < 4.78 is 20.9. The van der Waals surface area contributed by atoms with Gasteiger partial charge < -0.3 is 9.42 Å². The van der Waals surface area contributed by atoms with E-state index < -0.39 is 5.67 Å². The van der Waals surface area contributed by atoms with Crippen LogP contribution in [0.1, 0.15) is 53.7 Å². The average molecular weight is 381 g/mol. The van der Waals surface area contributed by atoms with E-state index in [4.69, 9.17) is 4.52 Å². The normalized spacial score (nSPS) is 22.4. The van der Waals surface area contributed by atoms with Gasteiger partial charge >= 0.3 is 0 Å². The molecule has 0 radical (unpaired) electrons. The standard InChI is InChI=1S/C20H20FN5O2/c21-20(19-22-17(25-28-19)14-5-2-1-3-6-14)9-4-10-26(12-20)18(27)16-11-15(23-24-16)13-7-8-13/h1-3,5-6,11,13H,4,7-10,12H2,(H,23,24). The van der Waals surface area contributed by atoms with Crippen molar-refractivity contribution in [2.45, 2.75) is 37.3 Å². The SMILES string of the molecule is O=C(c1cc(C2CC2)[nH]n1)N1CCCC(F)(c2nc(-c3ccccc3)no2)C1. The summed E-state index contributed by atoms with van der Waals surface area (Å²) in [6.07, 6.45) is 2.99. The maximum atomic E-state index is 15.7. The summed E-state index contributed by atoms with van der Waals surface area (Å²) in [7, 11) is 0. The molecule has 1 unspecified atom stereocenters. The minimum atomic E-state index is -1.86. The third-order valence-electron chi connectivity index (χ3n) is 5.41. The number of piperidine rings is 1. The molecule has 1 amide bonds. The van der Waals surface area contributed by atoms with Crippen LogP contribution in [-0.4, -0.2) is 44.2 Å². The van der Waals surface area contributed by atoms with Crippen LogP contribution in [0, 0.1) is 0 Å². The summed E-state index contributed by atoms with van der Waals surface area (Å²) in [6.45, 7) is 0.365. The van der Waals surface area contributed by atoms with Crippen LogP contribution in [0.3, 0.4) is 0 Å². The zero-order valence-corrected chi connectivity index (χ0v) is 15.3. The van der Waals surface area contributed by atoms with Gasteiger partial charge in [-0.25, -0.2) is 4.39 Å². The van der Waals surface area contributed by atoms with Crippen molar-refractivity contribution in [1.82, 2.24) is 25.2 Å². The molecule has 1 atom stereocenters. The molecule has 2 aliphatic rings. The van der Waals surface area contributed by atoms with E-state index in [-0.39, 0.29) is 24.8 Å². The highest BCUT2D eigenvalue weighted by atomic mass is 19.1. The first-order chi connectivity index (χ1) is 13.6. The van der Waals surface area contributed by atoms with E-state index in [2.05, 4.69) is 20.3 Å². The van der Waals surface area contributed by atoms with E-state index in [1.165, 1.54) is 4.90 Å². The number of carbonyl (C=O) groups is 1. The predicted octanol–water partition coefficient (Wildman–Crippen LogP) is 3.44. The number of rotatable bonds is 4. The number of halogens is 1. The van der Waals surface area contributed by atoms with E-state index in [0.29, 0.717) is 30.4 Å². The van der Waals surface area contributed by atoms with E-state index >= 15 is 4.39 Å². The van der Waals surface area contributed by atoms with Crippen molar-refractivity contribution in [3.63, 3.8) is 0 Å². The van der Waals surface area contributed by atoms with Crippen LogP contribution < -0.4 is 0 Å². The molecule has 3 aromatic rings. The molecule has 2 aromatic heterocycles. The number of benzene rings is 1. The molecule has 1 N–H and O–H groups in total. The van der Waals surface area contributed by atoms with Gasteiger partial charge in [-0.2, -0.15) is 10.1 Å². The van der Waals surface area contributed by atoms with Gasteiger partial charge in [-0.15, -0.1) is 0 Å². The summed E-state index contributed by atoms with van der Waals surface area (Å²) in [5, 5.41) is 11.0. The molecule has 144 valence electrons. The van der Waals surface area contributed by atoms with E-state index in [1.54, 1.807) is 6.07 Å². The maximum absolute atomic E-state index is 15.7. The third-order valence-corrected chi connectivity index (χ3v) is 5.41.